The Morgan fingerprint density at radius 3 is 2.56 bits per heavy atom. The molecule has 0 radical (unpaired) electrons. The van der Waals surface area contributed by atoms with E-state index in [0.29, 0.717) is 43.1 Å². The number of para-hydroxylation sites is 1. The Morgan fingerprint density at radius 1 is 1.12 bits per heavy atom. The smallest absolute Gasteiger partial charge is 0.378 e. The van der Waals surface area contributed by atoms with Crippen LogP contribution in [0.1, 0.15) is 12.5 Å². The molecule has 34 heavy (non-hydrogen) atoms. The monoisotopic (exact) mass is 495 g/mol. The number of thioether (sulfide) groups is 1. The van der Waals surface area contributed by atoms with E-state index in [1.54, 1.807) is 23.6 Å². The third-order valence-electron chi connectivity index (χ3n) is 5.12. The van der Waals surface area contributed by atoms with Crippen molar-refractivity contribution in [1.82, 2.24) is 14.8 Å². The van der Waals surface area contributed by atoms with Gasteiger partial charge in [0.15, 0.2) is 5.16 Å². The van der Waals surface area contributed by atoms with Crippen molar-refractivity contribution in [2.45, 2.75) is 23.5 Å². The molecule has 0 saturated carbocycles. The second-order valence-electron chi connectivity index (χ2n) is 7.49. The molecule has 4 rings (SSSR count). The summed E-state index contributed by atoms with van der Waals surface area (Å²) < 4.78 is 60.8. The third-order valence-corrected chi connectivity index (χ3v) is 6.16. The Balaban J connectivity index is 1.60. The molecule has 7 nitrogen and oxygen atoms in total. The van der Waals surface area contributed by atoms with E-state index < -0.39 is 28.7 Å². The van der Waals surface area contributed by atoms with Crippen molar-refractivity contribution in [3.63, 3.8) is 0 Å². The maximum Gasteiger partial charge on any atom is 0.418 e. The lowest BCUT2D eigenvalue weighted by Gasteiger charge is -2.28. The number of benzene rings is 2. The van der Waals surface area contributed by atoms with E-state index >= 15 is 0 Å². The molecular weight excluding hydrogens is 474 g/mol. The second-order valence-corrected chi connectivity index (χ2v) is 8.80. The van der Waals surface area contributed by atoms with Crippen molar-refractivity contribution in [3.05, 3.63) is 59.9 Å². The van der Waals surface area contributed by atoms with Gasteiger partial charge in [0.25, 0.3) is 0 Å². The topological polar surface area (TPSA) is 72.3 Å². The molecule has 12 heteroatoms. The number of carbonyl (C=O) groups is 1. The molecule has 1 aliphatic heterocycles. The number of nitrogens with zero attached hydrogens (tertiary/aromatic N) is 4. The number of anilines is 2. The summed E-state index contributed by atoms with van der Waals surface area (Å²) in [7, 11) is 0. The van der Waals surface area contributed by atoms with Gasteiger partial charge < -0.3 is 15.0 Å². The first-order valence-corrected chi connectivity index (χ1v) is 11.3. The molecule has 1 unspecified atom stereocenters. The molecule has 3 aromatic rings. The first-order chi connectivity index (χ1) is 16.2. The Morgan fingerprint density at radius 2 is 1.85 bits per heavy atom. The summed E-state index contributed by atoms with van der Waals surface area (Å²) >= 11 is 1.01. The van der Waals surface area contributed by atoms with Crippen LogP contribution in [0.4, 0.5) is 29.2 Å². The number of rotatable bonds is 6. The van der Waals surface area contributed by atoms with Crippen LogP contribution >= 0.6 is 11.8 Å². The van der Waals surface area contributed by atoms with E-state index in [1.807, 2.05) is 4.90 Å². The SMILES string of the molecule is CC(Sc1nnc(N2CCOCC2)n1-c1cccc(F)c1)C(=O)Nc1ccccc1C(F)(F)F. The lowest BCUT2D eigenvalue weighted by Crippen LogP contribution is -2.38. The van der Waals surface area contributed by atoms with Crippen LogP contribution < -0.4 is 10.2 Å². The molecule has 180 valence electrons. The predicted molar refractivity (Wildman–Crippen MR) is 120 cm³/mol. The van der Waals surface area contributed by atoms with Gasteiger partial charge in [-0.15, -0.1) is 10.2 Å². The standard InChI is InChI=1S/C22H21F4N5O2S/c1-14(19(32)27-18-8-3-2-7-17(18)22(24,25)26)34-21-29-28-20(30-9-11-33-12-10-30)31(21)16-6-4-5-15(23)13-16/h2-8,13-14H,9-12H2,1H3,(H,27,32). The molecule has 1 N–H and O–H groups in total. The summed E-state index contributed by atoms with van der Waals surface area (Å²) in [6, 6.07) is 10.6. The summed E-state index contributed by atoms with van der Waals surface area (Å²) in [5, 5.41) is 10.3. The number of aromatic nitrogens is 3. The van der Waals surface area contributed by atoms with Crippen molar-refractivity contribution in [2.24, 2.45) is 0 Å². The first kappa shape index (κ1) is 24.0. The molecule has 2 heterocycles. The molecule has 1 saturated heterocycles. The largest absolute Gasteiger partial charge is 0.418 e. The van der Waals surface area contributed by atoms with Crippen molar-refractivity contribution >= 4 is 29.3 Å². The molecule has 1 atom stereocenters. The van der Waals surface area contributed by atoms with Crippen LogP contribution in [0.2, 0.25) is 0 Å². The second kappa shape index (κ2) is 10.0. The van der Waals surface area contributed by atoms with Crippen LogP contribution in [0, 0.1) is 5.82 Å². The van der Waals surface area contributed by atoms with E-state index in [2.05, 4.69) is 15.5 Å². The van der Waals surface area contributed by atoms with Gasteiger partial charge >= 0.3 is 6.18 Å². The van der Waals surface area contributed by atoms with Crippen molar-refractivity contribution in [2.75, 3.05) is 36.5 Å². The summed E-state index contributed by atoms with van der Waals surface area (Å²) in [6.45, 7) is 3.66. The van der Waals surface area contributed by atoms with Gasteiger partial charge in [-0.05, 0) is 37.3 Å². The maximum absolute atomic E-state index is 14.0. The van der Waals surface area contributed by atoms with E-state index in [-0.39, 0.29) is 5.69 Å². The Labute approximate surface area is 197 Å². The molecule has 0 aliphatic carbocycles. The Kier molecular flexibility index (Phi) is 7.08. The average molecular weight is 496 g/mol. The van der Waals surface area contributed by atoms with Gasteiger partial charge in [-0.3, -0.25) is 9.36 Å². The molecule has 1 aromatic heterocycles. The molecular formula is C22H21F4N5O2S. The molecule has 1 fully saturated rings. The van der Waals surface area contributed by atoms with Crippen molar-refractivity contribution in [3.8, 4) is 5.69 Å². The summed E-state index contributed by atoms with van der Waals surface area (Å²) in [5.41, 5.74) is -0.796. The zero-order valence-electron chi connectivity index (χ0n) is 18.1. The van der Waals surface area contributed by atoms with Crippen LogP contribution in [0.15, 0.2) is 53.7 Å². The highest BCUT2D eigenvalue weighted by Gasteiger charge is 2.34. The van der Waals surface area contributed by atoms with Crippen LogP contribution in [0.5, 0.6) is 0 Å². The molecule has 1 amide bonds. The van der Waals surface area contributed by atoms with Crippen LogP contribution in [0.25, 0.3) is 5.69 Å². The summed E-state index contributed by atoms with van der Waals surface area (Å²) in [5.74, 6) is -0.625. The van der Waals surface area contributed by atoms with Crippen molar-refractivity contribution < 1.29 is 27.1 Å². The fourth-order valence-corrected chi connectivity index (χ4v) is 4.30. The lowest BCUT2D eigenvalue weighted by molar-refractivity contribution is -0.137. The van der Waals surface area contributed by atoms with Gasteiger partial charge in [0.1, 0.15) is 5.82 Å². The average Bonchev–Trinajstić information content (AvgIpc) is 3.22. The minimum Gasteiger partial charge on any atom is -0.378 e. The number of morpholine rings is 1. The minimum absolute atomic E-state index is 0.304. The van der Waals surface area contributed by atoms with E-state index in [0.717, 1.165) is 17.8 Å². The zero-order valence-corrected chi connectivity index (χ0v) is 18.9. The van der Waals surface area contributed by atoms with Gasteiger partial charge in [0.05, 0.1) is 35.4 Å². The third kappa shape index (κ3) is 5.33. The fraction of sp³-hybridized carbons (Fsp3) is 0.318. The normalized spacial score (nSPS) is 15.3. The zero-order chi connectivity index (χ0) is 24.3. The van der Waals surface area contributed by atoms with Gasteiger partial charge in [-0.25, -0.2) is 4.39 Å². The van der Waals surface area contributed by atoms with Crippen LogP contribution in [0.3, 0.4) is 0 Å². The minimum atomic E-state index is -4.61. The highest BCUT2D eigenvalue weighted by atomic mass is 32.2. The number of amides is 1. The Hall–Kier alpha value is -3.12. The molecule has 0 spiro atoms. The van der Waals surface area contributed by atoms with Crippen LogP contribution in [-0.2, 0) is 15.7 Å². The molecule has 2 aromatic carbocycles. The van der Waals surface area contributed by atoms with E-state index in [1.165, 1.54) is 30.3 Å². The Bertz CT molecular complexity index is 1160. The maximum atomic E-state index is 14.0. The first-order valence-electron chi connectivity index (χ1n) is 10.4. The number of halogens is 4. The highest BCUT2D eigenvalue weighted by molar-refractivity contribution is 8.00. The van der Waals surface area contributed by atoms with E-state index in [4.69, 9.17) is 4.74 Å². The number of nitrogens with one attached hydrogen (secondary N) is 1. The van der Waals surface area contributed by atoms with Gasteiger partial charge in [-0.1, -0.05) is 30.0 Å². The van der Waals surface area contributed by atoms with Gasteiger partial charge in [0.2, 0.25) is 11.9 Å². The number of alkyl halides is 3. The molecule has 1 aliphatic rings. The summed E-state index contributed by atoms with van der Waals surface area (Å²) in [6.07, 6.45) is -4.61. The number of hydrogen-bond donors (Lipinski definition) is 1. The quantitative estimate of drug-likeness (QED) is 0.404. The lowest BCUT2D eigenvalue weighted by atomic mass is 10.1. The number of ether oxygens (including phenoxy) is 1. The highest BCUT2D eigenvalue weighted by Crippen LogP contribution is 2.35. The fourth-order valence-electron chi connectivity index (χ4n) is 3.43. The number of carbonyl (C=O) groups excluding carboxylic acids is 1. The summed E-state index contributed by atoms with van der Waals surface area (Å²) in [4.78, 5) is 14.7. The predicted octanol–water partition coefficient (Wildman–Crippen LogP) is 4.38. The van der Waals surface area contributed by atoms with Gasteiger partial charge in [-0.2, -0.15) is 13.2 Å². The van der Waals surface area contributed by atoms with Crippen molar-refractivity contribution in [1.29, 1.82) is 0 Å². The number of hydrogen-bond acceptors (Lipinski definition) is 6. The van der Waals surface area contributed by atoms with Gasteiger partial charge in [0, 0.05) is 13.1 Å². The molecule has 0 bridgehead atoms. The van der Waals surface area contributed by atoms with Crippen LogP contribution in [-0.4, -0.2) is 52.2 Å². The van der Waals surface area contributed by atoms with E-state index in [9.17, 15) is 22.4 Å².